The average molecular weight is 222 g/mol. The fraction of sp³-hybridized carbons (Fsp3) is 1.00. The van der Waals surface area contributed by atoms with Crippen molar-refractivity contribution in [2.24, 2.45) is 5.92 Å². The Bertz CT molecular complexity index is 258. The molecule has 0 radical (unpaired) electrons. The molecule has 0 N–H and O–H groups in total. The van der Waals surface area contributed by atoms with E-state index in [1.165, 1.54) is 0 Å². The van der Waals surface area contributed by atoms with Crippen molar-refractivity contribution < 1.29 is 17.9 Å². The predicted octanol–water partition coefficient (Wildman–Crippen LogP) is 0.633. The highest BCUT2D eigenvalue weighted by Gasteiger charge is 2.45. The van der Waals surface area contributed by atoms with E-state index in [1.807, 2.05) is 0 Å². The lowest BCUT2D eigenvalue weighted by Crippen LogP contribution is -2.31. The molecule has 0 saturated heterocycles. The van der Waals surface area contributed by atoms with Crippen LogP contribution in [0.1, 0.15) is 26.2 Å². The van der Waals surface area contributed by atoms with E-state index >= 15 is 0 Å². The topological polar surface area (TPSA) is 92.5 Å². The van der Waals surface area contributed by atoms with E-state index in [0.717, 1.165) is 0 Å². The second kappa shape index (κ2) is 4.33. The lowest BCUT2D eigenvalue weighted by atomic mass is 10.0. The number of hydrogen-bond acceptors (Lipinski definition) is 5. The first-order valence-corrected chi connectivity index (χ1v) is 5.31. The van der Waals surface area contributed by atoms with Crippen LogP contribution in [0, 0.1) is 16.0 Å². The standard InChI is InChI=1S/C7H13NO5S/c1-7(8(9)10)3-2-6(4-7)5-13-14(11)12/h6H,2-5H2,1H3,(H,11,12)/p-1. The molecule has 0 bridgehead atoms. The highest BCUT2D eigenvalue weighted by atomic mass is 32.2. The lowest BCUT2D eigenvalue weighted by molar-refractivity contribution is -0.564. The Kier molecular flexibility index (Phi) is 3.57. The van der Waals surface area contributed by atoms with E-state index in [1.54, 1.807) is 6.92 Å². The second-order valence-corrected chi connectivity index (χ2v) is 4.50. The predicted molar refractivity (Wildman–Crippen MR) is 47.6 cm³/mol. The molecule has 1 saturated carbocycles. The minimum absolute atomic E-state index is 0.0247. The smallest absolute Gasteiger partial charge is 0.219 e. The Morgan fingerprint density at radius 2 is 2.36 bits per heavy atom. The maximum absolute atomic E-state index is 10.7. The third kappa shape index (κ3) is 2.73. The van der Waals surface area contributed by atoms with Gasteiger partial charge in [-0.2, -0.15) is 0 Å². The van der Waals surface area contributed by atoms with Crippen molar-refractivity contribution >= 4 is 11.4 Å². The average Bonchev–Trinajstić information content (AvgIpc) is 2.45. The van der Waals surface area contributed by atoms with Crippen LogP contribution >= 0.6 is 0 Å². The zero-order chi connectivity index (χ0) is 10.8. The fourth-order valence-electron chi connectivity index (χ4n) is 1.80. The van der Waals surface area contributed by atoms with Gasteiger partial charge in [0.1, 0.15) is 0 Å². The van der Waals surface area contributed by atoms with E-state index in [-0.39, 0.29) is 17.4 Å². The molecule has 0 spiro atoms. The molecule has 0 heterocycles. The summed E-state index contributed by atoms with van der Waals surface area (Å²) < 4.78 is 24.6. The van der Waals surface area contributed by atoms with Crippen LogP contribution in [0.4, 0.5) is 0 Å². The summed E-state index contributed by atoms with van der Waals surface area (Å²) in [5.41, 5.74) is -0.904. The summed E-state index contributed by atoms with van der Waals surface area (Å²) in [4.78, 5) is 10.4. The Labute approximate surface area is 84.3 Å². The number of nitro groups is 1. The lowest BCUT2D eigenvalue weighted by Gasteiger charge is -2.14. The summed E-state index contributed by atoms with van der Waals surface area (Å²) in [5.74, 6) is -0.0247. The van der Waals surface area contributed by atoms with Crippen LogP contribution in [0.3, 0.4) is 0 Å². The van der Waals surface area contributed by atoms with Gasteiger partial charge in [-0.25, -0.2) is 4.21 Å². The summed E-state index contributed by atoms with van der Waals surface area (Å²) in [7, 11) is 0. The Hall–Kier alpha value is -0.530. The van der Waals surface area contributed by atoms with Crippen LogP contribution in [0.25, 0.3) is 0 Å². The molecular formula is C7H12NO5S-. The van der Waals surface area contributed by atoms with E-state index in [0.29, 0.717) is 19.3 Å². The van der Waals surface area contributed by atoms with Crippen molar-refractivity contribution in [1.29, 1.82) is 0 Å². The van der Waals surface area contributed by atoms with Crippen molar-refractivity contribution in [2.45, 2.75) is 31.7 Å². The van der Waals surface area contributed by atoms with Gasteiger partial charge in [-0.3, -0.25) is 10.1 Å². The van der Waals surface area contributed by atoms with Crippen LogP contribution in [0.2, 0.25) is 0 Å². The van der Waals surface area contributed by atoms with Gasteiger partial charge in [-0.15, -0.1) is 0 Å². The summed E-state index contributed by atoms with van der Waals surface area (Å²) in [5, 5.41) is 10.7. The molecule has 82 valence electrons. The quantitative estimate of drug-likeness (QED) is 0.395. The zero-order valence-electron chi connectivity index (χ0n) is 7.80. The van der Waals surface area contributed by atoms with Crippen LogP contribution in [-0.4, -0.2) is 25.8 Å². The molecular weight excluding hydrogens is 210 g/mol. The first-order valence-electron chi connectivity index (χ1n) is 4.31. The zero-order valence-corrected chi connectivity index (χ0v) is 8.62. The van der Waals surface area contributed by atoms with Gasteiger partial charge in [-0.05, 0) is 12.3 Å². The van der Waals surface area contributed by atoms with Gasteiger partial charge in [0.15, 0.2) is 0 Å². The molecule has 0 aliphatic heterocycles. The first kappa shape index (κ1) is 11.5. The molecule has 0 aromatic rings. The molecule has 1 aliphatic rings. The molecule has 1 rings (SSSR count). The van der Waals surface area contributed by atoms with Gasteiger partial charge in [0.2, 0.25) is 5.54 Å². The van der Waals surface area contributed by atoms with Crippen LogP contribution in [-0.2, 0) is 15.5 Å². The molecule has 1 aliphatic carbocycles. The van der Waals surface area contributed by atoms with Gasteiger partial charge in [0.25, 0.3) is 0 Å². The minimum atomic E-state index is -2.52. The van der Waals surface area contributed by atoms with Gasteiger partial charge in [0, 0.05) is 24.7 Å². The Morgan fingerprint density at radius 3 is 2.79 bits per heavy atom. The maximum atomic E-state index is 10.7. The molecule has 14 heavy (non-hydrogen) atoms. The summed E-state index contributed by atoms with van der Waals surface area (Å²) in [6, 6.07) is 0. The van der Waals surface area contributed by atoms with Crippen molar-refractivity contribution in [2.75, 3.05) is 6.61 Å². The molecule has 6 nitrogen and oxygen atoms in total. The normalized spacial score (nSPS) is 34.3. The van der Waals surface area contributed by atoms with Crippen molar-refractivity contribution in [1.82, 2.24) is 0 Å². The molecule has 7 heteroatoms. The van der Waals surface area contributed by atoms with E-state index in [2.05, 4.69) is 4.18 Å². The van der Waals surface area contributed by atoms with Gasteiger partial charge >= 0.3 is 0 Å². The summed E-state index contributed by atoms with van der Waals surface area (Å²) in [6.07, 6.45) is 1.52. The van der Waals surface area contributed by atoms with Crippen molar-refractivity contribution in [3.63, 3.8) is 0 Å². The van der Waals surface area contributed by atoms with Crippen LogP contribution < -0.4 is 0 Å². The third-order valence-corrected chi connectivity index (χ3v) is 2.99. The first-order chi connectivity index (χ1) is 6.44. The summed E-state index contributed by atoms with van der Waals surface area (Å²) in [6.45, 7) is 1.64. The van der Waals surface area contributed by atoms with Crippen LogP contribution in [0.5, 0.6) is 0 Å². The second-order valence-electron chi connectivity index (χ2n) is 3.85. The largest absolute Gasteiger partial charge is 0.750 e. The van der Waals surface area contributed by atoms with E-state index < -0.39 is 16.9 Å². The number of rotatable bonds is 4. The third-order valence-electron chi connectivity index (χ3n) is 2.66. The van der Waals surface area contributed by atoms with Crippen molar-refractivity contribution in [3.05, 3.63) is 10.1 Å². The maximum Gasteiger partial charge on any atom is 0.219 e. The molecule has 3 unspecified atom stereocenters. The number of nitrogens with zero attached hydrogens (tertiary/aromatic N) is 1. The van der Waals surface area contributed by atoms with E-state index in [9.17, 15) is 18.9 Å². The highest BCUT2D eigenvalue weighted by Crippen LogP contribution is 2.36. The number of hydrogen-bond donors (Lipinski definition) is 0. The Balaban J connectivity index is 2.41. The monoisotopic (exact) mass is 222 g/mol. The fourth-order valence-corrected chi connectivity index (χ4v) is 2.10. The molecule has 0 amide bonds. The van der Waals surface area contributed by atoms with E-state index in [4.69, 9.17) is 0 Å². The Morgan fingerprint density at radius 1 is 1.71 bits per heavy atom. The molecule has 3 atom stereocenters. The SMILES string of the molecule is CC1([N+](=O)[O-])CCC(COS(=O)[O-])C1. The van der Waals surface area contributed by atoms with Gasteiger partial charge < -0.3 is 8.74 Å². The molecule has 0 aromatic heterocycles. The van der Waals surface area contributed by atoms with Crippen LogP contribution in [0.15, 0.2) is 0 Å². The van der Waals surface area contributed by atoms with Gasteiger partial charge in [-0.1, -0.05) is 0 Å². The molecule has 1 fully saturated rings. The molecule has 0 aromatic carbocycles. The summed E-state index contributed by atoms with van der Waals surface area (Å²) >= 11 is -2.52. The highest BCUT2D eigenvalue weighted by molar-refractivity contribution is 7.74. The minimum Gasteiger partial charge on any atom is -0.750 e. The van der Waals surface area contributed by atoms with Gasteiger partial charge in [0.05, 0.1) is 18.0 Å². The van der Waals surface area contributed by atoms with Crippen molar-refractivity contribution in [3.8, 4) is 0 Å².